The van der Waals surface area contributed by atoms with Crippen LogP contribution >= 0.6 is 11.6 Å². The van der Waals surface area contributed by atoms with Crippen molar-refractivity contribution in [2.24, 2.45) is 7.05 Å². The fourth-order valence-corrected chi connectivity index (χ4v) is 3.03. The lowest BCUT2D eigenvalue weighted by Gasteiger charge is -2.11. The van der Waals surface area contributed by atoms with E-state index in [4.69, 9.17) is 11.6 Å². The van der Waals surface area contributed by atoms with Gasteiger partial charge in [-0.2, -0.15) is 5.10 Å². The second-order valence-electron chi connectivity index (χ2n) is 6.09. The zero-order valence-electron chi connectivity index (χ0n) is 14.3. The number of fused-ring (bicyclic) bond motifs is 1. The van der Waals surface area contributed by atoms with Crippen molar-refractivity contribution in [3.05, 3.63) is 71.5 Å². The van der Waals surface area contributed by atoms with E-state index >= 15 is 0 Å². The van der Waals surface area contributed by atoms with E-state index in [1.165, 1.54) is 12.1 Å². The second kappa shape index (κ2) is 6.74. The van der Waals surface area contributed by atoms with Crippen molar-refractivity contribution >= 4 is 34.1 Å². The first-order chi connectivity index (χ1) is 13.0. The molecule has 0 aliphatic rings. The second-order valence-corrected chi connectivity index (χ2v) is 6.53. The van der Waals surface area contributed by atoms with Gasteiger partial charge in [0.1, 0.15) is 5.75 Å². The van der Waals surface area contributed by atoms with E-state index in [1.54, 1.807) is 23.0 Å². The molecular weight excluding hydrogens is 364 g/mol. The van der Waals surface area contributed by atoms with Gasteiger partial charge < -0.3 is 10.4 Å². The summed E-state index contributed by atoms with van der Waals surface area (Å²) in [5.41, 5.74) is 2.83. The van der Waals surface area contributed by atoms with Crippen molar-refractivity contribution in [2.45, 2.75) is 0 Å². The van der Waals surface area contributed by atoms with Gasteiger partial charge in [0.25, 0.3) is 5.91 Å². The molecule has 134 valence electrons. The minimum Gasteiger partial charge on any atom is -0.506 e. The summed E-state index contributed by atoms with van der Waals surface area (Å²) in [5.74, 6) is -0.421. The molecule has 0 atom stereocenters. The average molecular weight is 379 g/mol. The first-order valence-electron chi connectivity index (χ1n) is 8.20. The number of phenolic OH excluding ortho intramolecular Hbond substituents is 1. The monoisotopic (exact) mass is 378 g/mol. The number of para-hydroxylation sites is 1. The summed E-state index contributed by atoms with van der Waals surface area (Å²) in [4.78, 5) is 17.6. The number of aryl methyl sites for hydroxylation is 1. The van der Waals surface area contributed by atoms with E-state index < -0.39 is 0 Å². The van der Waals surface area contributed by atoms with E-state index in [2.05, 4.69) is 15.4 Å². The highest BCUT2D eigenvalue weighted by atomic mass is 35.5. The molecule has 7 heteroatoms. The smallest absolute Gasteiger partial charge is 0.256 e. The number of anilines is 1. The fraction of sp³-hybridized carbons (Fsp3) is 0.0500. The van der Waals surface area contributed by atoms with Crippen LogP contribution in [0.4, 0.5) is 5.69 Å². The number of hydrogen-bond donors (Lipinski definition) is 2. The molecule has 1 amide bonds. The molecule has 0 saturated carbocycles. The number of aromatic hydroxyl groups is 1. The Morgan fingerprint density at radius 3 is 2.78 bits per heavy atom. The largest absolute Gasteiger partial charge is 0.506 e. The van der Waals surface area contributed by atoms with Crippen LogP contribution in [0.1, 0.15) is 10.4 Å². The SMILES string of the molecule is Cn1cc(-c2cc(C(=O)Nc3cc(Cl)ccc3O)c3ccccc3n2)cn1. The van der Waals surface area contributed by atoms with E-state index in [1.807, 2.05) is 37.5 Å². The molecule has 2 aromatic carbocycles. The van der Waals surface area contributed by atoms with Crippen LogP contribution in [0, 0.1) is 0 Å². The third-order valence-corrected chi connectivity index (χ3v) is 4.40. The quantitative estimate of drug-likeness (QED) is 0.522. The molecule has 4 rings (SSSR count). The first-order valence-corrected chi connectivity index (χ1v) is 8.58. The molecule has 0 unspecified atom stereocenters. The van der Waals surface area contributed by atoms with Gasteiger partial charge in [0.05, 0.1) is 28.7 Å². The Bertz CT molecular complexity index is 1170. The maximum atomic E-state index is 13.0. The molecule has 0 spiro atoms. The molecule has 0 aliphatic carbocycles. The summed E-state index contributed by atoms with van der Waals surface area (Å²) >= 11 is 5.97. The minimum absolute atomic E-state index is 0.0569. The predicted molar refractivity (Wildman–Crippen MR) is 105 cm³/mol. The van der Waals surface area contributed by atoms with Gasteiger partial charge in [0.15, 0.2) is 0 Å². The lowest BCUT2D eigenvalue weighted by atomic mass is 10.0. The normalized spacial score (nSPS) is 10.9. The number of phenols is 1. The summed E-state index contributed by atoms with van der Waals surface area (Å²) in [6, 6.07) is 13.6. The topological polar surface area (TPSA) is 80.0 Å². The number of carbonyl (C=O) groups excluding carboxylic acids is 1. The number of pyridine rings is 1. The maximum absolute atomic E-state index is 13.0. The Hall–Kier alpha value is -3.38. The summed E-state index contributed by atoms with van der Waals surface area (Å²) in [7, 11) is 1.82. The number of rotatable bonds is 3. The van der Waals surface area contributed by atoms with Crippen LogP contribution in [-0.4, -0.2) is 25.8 Å². The lowest BCUT2D eigenvalue weighted by molar-refractivity contribution is 0.102. The van der Waals surface area contributed by atoms with E-state index in [9.17, 15) is 9.90 Å². The van der Waals surface area contributed by atoms with Crippen molar-refractivity contribution in [3.8, 4) is 17.0 Å². The van der Waals surface area contributed by atoms with Gasteiger partial charge in [-0.15, -0.1) is 0 Å². The summed E-state index contributed by atoms with van der Waals surface area (Å²) in [6.45, 7) is 0. The van der Waals surface area contributed by atoms with Crippen LogP contribution in [-0.2, 0) is 7.05 Å². The highest BCUT2D eigenvalue weighted by Crippen LogP contribution is 2.29. The molecule has 6 nitrogen and oxygen atoms in total. The first kappa shape index (κ1) is 17.1. The maximum Gasteiger partial charge on any atom is 0.256 e. The fourth-order valence-electron chi connectivity index (χ4n) is 2.86. The number of carbonyl (C=O) groups is 1. The van der Waals surface area contributed by atoms with E-state index in [0.29, 0.717) is 27.2 Å². The molecule has 2 aromatic heterocycles. The molecule has 4 aromatic rings. The van der Waals surface area contributed by atoms with E-state index in [-0.39, 0.29) is 17.3 Å². The summed E-state index contributed by atoms with van der Waals surface area (Å²) in [5, 5.41) is 18.0. The number of halogens is 1. The van der Waals surface area contributed by atoms with Crippen molar-refractivity contribution < 1.29 is 9.90 Å². The summed E-state index contributed by atoms with van der Waals surface area (Å²) in [6.07, 6.45) is 3.53. The molecule has 2 heterocycles. The number of nitrogens with one attached hydrogen (secondary N) is 1. The standard InChI is InChI=1S/C20H15ClN4O2/c1-25-11-12(10-22-25)17-9-15(14-4-2-3-5-16(14)23-17)20(27)24-18-8-13(21)6-7-19(18)26/h2-11,26H,1H3,(H,24,27). The van der Waals surface area contributed by atoms with Crippen LogP contribution in [0.5, 0.6) is 5.75 Å². The lowest BCUT2D eigenvalue weighted by Crippen LogP contribution is -2.13. The van der Waals surface area contributed by atoms with E-state index in [0.717, 1.165) is 5.56 Å². The van der Waals surface area contributed by atoms with Crippen LogP contribution < -0.4 is 5.32 Å². The average Bonchev–Trinajstić information content (AvgIpc) is 3.10. The highest BCUT2D eigenvalue weighted by Gasteiger charge is 2.16. The predicted octanol–water partition coefficient (Wildman–Crippen LogP) is 4.25. The van der Waals surface area contributed by atoms with Gasteiger partial charge in [0, 0.05) is 29.2 Å². The van der Waals surface area contributed by atoms with Crippen LogP contribution in [0.2, 0.25) is 5.02 Å². The molecule has 0 saturated heterocycles. The Kier molecular flexibility index (Phi) is 4.25. The molecule has 0 aliphatic heterocycles. The van der Waals surface area contributed by atoms with Gasteiger partial charge in [-0.1, -0.05) is 29.8 Å². The van der Waals surface area contributed by atoms with Gasteiger partial charge in [-0.25, -0.2) is 4.98 Å². The Balaban J connectivity index is 1.82. The van der Waals surface area contributed by atoms with Crippen LogP contribution in [0.25, 0.3) is 22.2 Å². The number of aromatic nitrogens is 3. The Labute approximate surface area is 160 Å². The Morgan fingerprint density at radius 1 is 1.19 bits per heavy atom. The zero-order chi connectivity index (χ0) is 19.0. The number of benzene rings is 2. The van der Waals surface area contributed by atoms with Gasteiger partial charge in [-0.05, 0) is 30.3 Å². The summed E-state index contributed by atoms with van der Waals surface area (Å²) < 4.78 is 1.68. The van der Waals surface area contributed by atoms with Crippen LogP contribution in [0.3, 0.4) is 0 Å². The van der Waals surface area contributed by atoms with Crippen LogP contribution in [0.15, 0.2) is 60.9 Å². The third kappa shape index (κ3) is 3.35. The third-order valence-electron chi connectivity index (χ3n) is 4.17. The minimum atomic E-state index is -0.365. The van der Waals surface area contributed by atoms with Crippen molar-refractivity contribution in [2.75, 3.05) is 5.32 Å². The molecule has 0 bridgehead atoms. The molecule has 27 heavy (non-hydrogen) atoms. The number of hydrogen-bond acceptors (Lipinski definition) is 4. The van der Waals surface area contributed by atoms with Gasteiger partial charge in [0.2, 0.25) is 0 Å². The zero-order valence-corrected chi connectivity index (χ0v) is 15.1. The van der Waals surface area contributed by atoms with Crippen molar-refractivity contribution in [1.82, 2.24) is 14.8 Å². The van der Waals surface area contributed by atoms with Gasteiger partial charge >= 0.3 is 0 Å². The molecule has 0 fully saturated rings. The molecular formula is C20H15ClN4O2. The van der Waals surface area contributed by atoms with Gasteiger partial charge in [-0.3, -0.25) is 9.48 Å². The molecule has 2 N–H and O–H groups in total. The highest BCUT2D eigenvalue weighted by molar-refractivity contribution is 6.31. The molecule has 0 radical (unpaired) electrons. The number of nitrogens with zero attached hydrogens (tertiary/aromatic N) is 3. The Morgan fingerprint density at radius 2 is 2.00 bits per heavy atom. The van der Waals surface area contributed by atoms with Crippen molar-refractivity contribution in [1.29, 1.82) is 0 Å². The van der Waals surface area contributed by atoms with Crippen molar-refractivity contribution in [3.63, 3.8) is 0 Å². The number of amides is 1.